The molecule has 0 aromatic heterocycles. The number of rotatable bonds is 2. The van der Waals surface area contributed by atoms with Gasteiger partial charge in [0.25, 0.3) is 0 Å². The Labute approximate surface area is 127 Å². The molecule has 21 heavy (non-hydrogen) atoms. The first-order valence-corrected chi connectivity index (χ1v) is 8.08. The molecule has 120 valence electrons. The van der Waals surface area contributed by atoms with Gasteiger partial charge in [0, 0.05) is 13.1 Å². The molecule has 1 amide bonds. The molecule has 0 unspecified atom stereocenters. The lowest BCUT2D eigenvalue weighted by atomic mass is 9.74. The summed E-state index contributed by atoms with van der Waals surface area (Å²) in [4.78, 5) is 14.9. The van der Waals surface area contributed by atoms with Gasteiger partial charge in [0.05, 0.1) is 0 Å². The van der Waals surface area contributed by atoms with Gasteiger partial charge < -0.3 is 15.8 Å². The number of oxime groups is 1. The van der Waals surface area contributed by atoms with Gasteiger partial charge in [0.2, 0.25) is 5.91 Å². The van der Waals surface area contributed by atoms with Crippen LogP contribution in [0, 0.1) is 16.7 Å². The Morgan fingerprint density at radius 2 is 1.76 bits per heavy atom. The van der Waals surface area contributed by atoms with Gasteiger partial charge in [-0.05, 0) is 37.0 Å². The SMILES string of the molecule is CC(C)(C)C1CCN(C(=O)C2(C(N)=NO)CCCC2)CC1. The van der Waals surface area contributed by atoms with Gasteiger partial charge in [0.15, 0.2) is 5.84 Å². The van der Waals surface area contributed by atoms with E-state index in [1.165, 1.54) is 0 Å². The van der Waals surface area contributed by atoms with Crippen LogP contribution in [0.25, 0.3) is 0 Å². The van der Waals surface area contributed by atoms with Crippen molar-refractivity contribution >= 4 is 11.7 Å². The van der Waals surface area contributed by atoms with Crippen LogP contribution in [-0.2, 0) is 4.79 Å². The summed E-state index contributed by atoms with van der Waals surface area (Å²) in [7, 11) is 0. The van der Waals surface area contributed by atoms with Crippen molar-refractivity contribution in [3.8, 4) is 0 Å². The van der Waals surface area contributed by atoms with E-state index in [1.54, 1.807) is 0 Å². The Morgan fingerprint density at radius 1 is 1.24 bits per heavy atom. The van der Waals surface area contributed by atoms with E-state index in [1.807, 2.05) is 4.90 Å². The van der Waals surface area contributed by atoms with Crippen LogP contribution in [0.2, 0.25) is 0 Å². The van der Waals surface area contributed by atoms with Gasteiger partial charge >= 0.3 is 0 Å². The zero-order chi connectivity index (χ0) is 15.7. The number of hydrogen-bond donors (Lipinski definition) is 2. The topological polar surface area (TPSA) is 78.9 Å². The maximum atomic E-state index is 12.9. The average molecular weight is 295 g/mol. The standard InChI is InChI=1S/C16H29N3O2/c1-15(2,3)12-6-10-19(11-7-12)14(20)16(13(17)18-21)8-4-5-9-16/h12,21H,4-11H2,1-3H3,(H2,17,18). The number of nitrogens with two attached hydrogens (primary N) is 1. The van der Waals surface area contributed by atoms with Gasteiger partial charge in [-0.3, -0.25) is 4.79 Å². The maximum absolute atomic E-state index is 12.9. The highest BCUT2D eigenvalue weighted by atomic mass is 16.4. The minimum Gasteiger partial charge on any atom is -0.409 e. The first-order valence-electron chi connectivity index (χ1n) is 8.08. The highest BCUT2D eigenvalue weighted by molar-refractivity contribution is 6.07. The van der Waals surface area contributed by atoms with E-state index in [4.69, 9.17) is 10.9 Å². The summed E-state index contributed by atoms with van der Waals surface area (Å²) in [5.41, 5.74) is 5.42. The summed E-state index contributed by atoms with van der Waals surface area (Å²) >= 11 is 0. The van der Waals surface area contributed by atoms with E-state index >= 15 is 0 Å². The molecule has 0 radical (unpaired) electrons. The molecule has 1 heterocycles. The van der Waals surface area contributed by atoms with E-state index in [0.29, 0.717) is 24.2 Å². The molecule has 2 rings (SSSR count). The van der Waals surface area contributed by atoms with Crippen molar-refractivity contribution in [3.63, 3.8) is 0 Å². The zero-order valence-corrected chi connectivity index (χ0v) is 13.6. The molecular formula is C16H29N3O2. The van der Waals surface area contributed by atoms with Crippen LogP contribution in [0.3, 0.4) is 0 Å². The molecule has 1 aliphatic heterocycles. The van der Waals surface area contributed by atoms with E-state index in [2.05, 4.69) is 25.9 Å². The molecule has 1 saturated carbocycles. The van der Waals surface area contributed by atoms with E-state index in [0.717, 1.165) is 38.8 Å². The normalized spacial score (nSPS) is 24.3. The van der Waals surface area contributed by atoms with Crippen LogP contribution in [0.5, 0.6) is 0 Å². The second kappa shape index (κ2) is 5.85. The Morgan fingerprint density at radius 3 is 2.19 bits per heavy atom. The monoisotopic (exact) mass is 295 g/mol. The summed E-state index contributed by atoms with van der Waals surface area (Å²) in [5.74, 6) is 0.829. The van der Waals surface area contributed by atoms with Gasteiger partial charge in [-0.25, -0.2) is 0 Å². The van der Waals surface area contributed by atoms with Crippen LogP contribution in [0.15, 0.2) is 5.16 Å². The number of carbonyl (C=O) groups is 1. The zero-order valence-electron chi connectivity index (χ0n) is 13.6. The Balaban J connectivity index is 2.07. The summed E-state index contributed by atoms with van der Waals surface area (Å²) < 4.78 is 0. The minimum absolute atomic E-state index is 0.0719. The molecule has 1 saturated heterocycles. The minimum atomic E-state index is -0.747. The second-order valence-corrected chi connectivity index (χ2v) is 7.71. The number of nitrogens with zero attached hydrogens (tertiary/aromatic N) is 2. The highest BCUT2D eigenvalue weighted by Gasteiger charge is 2.48. The quantitative estimate of drug-likeness (QED) is 0.356. The molecule has 0 spiro atoms. The van der Waals surface area contributed by atoms with Crippen molar-refractivity contribution in [2.24, 2.45) is 27.6 Å². The Kier molecular flexibility index (Phi) is 4.49. The molecule has 1 aliphatic carbocycles. The second-order valence-electron chi connectivity index (χ2n) is 7.71. The molecule has 2 fully saturated rings. The molecule has 0 aromatic rings. The molecule has 2 aliphatic rings. The van der Waals surface area contributed by atoms with Crippen molar-refractivity contribution in [3.05, 3.63) is 0 Å². The van der Waals surface area contributed by atoms with Gasteiger partial charge in [0.1, 0.15) is 5.41 Å². The Bertz CT molecular complexity index is 412. The maximum Gasteiger partial charge on any atom is 0.236 e. The summed E-state index contributed by atoms with van der Waals surface area (Å²) in [6.07, 6.45) is 5.45. The third-order valence-electron chi connectivity index (χ3n) is 5.47. The number of piperidine rings is 1. The number of amides is 1. The number of carbonyl (C=O) groups excluding carboxylic acids is 1. The van der Waals surface area contributed by atoms with Crippen molar-refractivity contribution in [1.82, 2.24) is 4.90 Å². The lowest BCUT2D eigenvalue weighted by Crippen LogP contribution is -2.52. The summed E-state index contributed by atoms with van der Waals surface area (Å²) in [6.45, 7) is 8.39. The fourth-order valence-corrected chi connectivity index (χ4v) is 3.91. The lowest BCUT2D eigenvalue weighted by molar-refractivity contribution is -0.140. The van der Waals surface area contributed by atoms with Crippen LogP contribution in [0.1, 0.15) is 59.3 Å². The third-order valence-corrected chi connectivity index (χ3v) is 5.47. The molecule has 0 bridgehead atoms. The first-order chi connectivity index (χ1) is 9.81. The van der Waals surface area contributed by atoms with Gasteiger partial charge in [-0.1, -0.05) is 38.8 Å². The van der Waals surface area contributed by atoms with E-state index < -0.39 is 5.41 Å². The highest BCUT2D eigenvalue weighted by Crippen LogP contribution is 2.42. The van der Waals surface area contributed by atoms with Crippen LogP contribution < -0.4 is 5.73 Å². The fraction of sp³-hybridized carbons (Fsp3) is 0.875. The number of likely N-dealkylation sites (tertiary alicyclic amines) is 1. The van der Waals surface area contributed by atoms with Crippen molar-refractivity contribution < 1.29 is 10.0 Å². The fourth-order valence-electron chi connectivity index (χ4n) is 3.91. The van der Waals surface area contributed by atoms with E-state index in [9.17, 15) is 4.79 Å². The Hall–Kier alpha value is -1.26. The molecule has 0 aromatic carbocycles. The van der Waals surface area contributed by atoms with Crippen LogP contribution in [-0.4, -0.2) is 34.9 Å². The van der Waals surface area contributed by atoms with Crippen molar-refractivity contribution in [1.29, 1.82) is 0 Å². The average Bonchev–Trinajstić information content (AvgIpc) is 2.95. The lowest BCUT2D eigenvalue weighted by Gasteiger charge is -2.41. The summed E-state index contributed by atoms with van der Waals surface area (Å²) in [5, 5.41) is 12.2. The number of hydrogen-bond acceptors (Lipinski definition) is 3. The molecule has 3 N–H and O–H groups in total. The van der Waals surface area contributed by atoms with Gasteiger partial charge in [-0.15, -0.1) is 0 Å². The van der Waals surface area contributed by atoms with Gasteiger partial charge in [-0.2, -0.15) is 0 Å². The first kappa shape index (κ1) is 16.1. The van der Waals surface area contributed by atoms with E-state index in [-0.39, 0.29) is 11.7 Å². The third kappa shape index (κ3) is 3.01. The number of amidine groups is 1. The van der Waals surface area contributed by atoms with Crippen molar-refractivity contribution in [2.45, 2.75) is 59.3 Å². The smallest absolute Gasteiger partial charge is 0.236 e. The largest absolute Gasteiger partial charge is 0.409 e. The predicted octanol–water partition coefficient (Wildman–Crippen LogP) is 2.58. The molecule has 5 heteroatoms. The molecule has 5 nitrogen and oxygen atoms in total. The van der Waals surface area contributed by atoms with Crippen LogP contribution in [0.4, 0.5) is 0 Å². The summed E-state index contributed by atoms with van der Waals surface area (Å²) in [6, 6.07) is 0. The van der Waals surface area contributed by atoms with Crippen molar-refractivity contribution in [2.75, 3.05) is 13.1 Å². The van der Waals surface area contributed by atoms with Crippen LogP contribution >= 0.6 is 0 Å². The predicted molar refractivity (Wildman–Crippen MR) is 83.1 cm³/mol. The molecule has 0 atom stereocenters. The molecular weight excluding hydrogens is 266 g/mol.